The number of hydrogen-bond acceptors (Lipinski definition) is 9. The molecule has 0 radical (unpaired) electrons. The third kappa shape index (κ3) is 16.3. The number of hydrogen-bond donors (Lipinski definition) is 2. The smallest absolute Gasteiger partial charge is 0.308 e. The number of ether oxygens (including phenoxy) is 2. The Balaban J connectivity index is 0. The summed E-state index contributed by atoms with van der Waals surface area (Å²) in [6.07, 6.45) is 4.88. The number of carbonyl (C=O) groups is 2. The Labute approximate surface area is 311 Å². The lowest BCUT2D eigenvalue weighted by atomic mass is 10.2. The maximum Gasteiger partial charge on any atom is 0.308 e. The molecule has 1 aliphatic rings. The molecule has 1 aliphatic carbocycles. The van der Waals surface area contributed by atoms with E-state index in [1.165, 1.54) is 31.9 Å². The van der Waals surface area contributed by atoms with E-state index in [4.69, 9.17) is 14.5 Å². The van der Waals surface area contributed by atoms with Crippen molar-refractivity contribution in [2.45, 2.75) is 127 Å². The highest BCUT2D eigenvalue weighted by molar-refractivity contribution is 7.89. The average molecular weight is 747 g/mol. The van der Waals surface area contributed by atoms with Crippen molar-refractivity contribution in [3.05, 3.63) is 66.0 Å². The summed E-state index contributed by atoms with van der Waals surface area (Å²) in [7, 11) is -3.47. The second kappa shape index (κ2) is 23.6. The van der Waals surface area contributed by atoms with Crippen LogP contribution in [0, 0.1) is 5.92 Å². The van der Waals surface area contributed by atoms with Gasteiger partial charge in [0.05, 0.1) is 32.8 Å². The van der Waals surface area contributed by atoms with Gasteiger partial charge in [-0.05, 0) is 101 Å². The predicted molar refractivity (Wildman–Crippen MR) is 215 cm³/mol. The zero-order valence-corrected chi connectivity index (χ0v) is 29.8. The van der Waals surface area contributed by atoms with Gasteiger partial charge in [0, 0.05) is 18.7 Å². The first-order chi connectivity index (χ1) is 22.2. The number of nitrogens with zero attached hydrogens (tertiary/aromatic N) is 2. The highest BCUT2D eigenvalue weighted by Gasteiger charge is 2.20. The van der Waals surface area contributed by atoms with Gasteiger partial charge in [-0.3, -0.25) is 9.59 Å². The number of thiophene rings is 1. The van der Waals surface area contributed by atoms with Crippen LogP contribution in [0.3, 0.4) is 0 Å². The fourth-order valence-corrected chi connectivity index (χ4v) is 6.43. The molecule has 286 valence electrons. The Kier molecular flexibility index (Phi) is 22.8. The van der Waals surface area contributed by atoms with E-state index in [0.29, 0.717) is 11.6 Å². The van der Waals surface area contributed by atoms with E-state index in [1.54, 1.807) is 37.3 Å². The van der Waals surface area contributed by atoms with Crippen molar-refractivity contribution < 1.29 is 27.5 Å². The van der Waals surface area contributed by atoms with Gasteiger partial charge in [-0.15, -0.1) is 11.3 Å². The van der Waals surface area contributed by atoms with Gasteiger partial charge < -0.3 is 14.8 Å². The van der Waals surface area contributed by atoms with E-state index in [0.717, 1.165) is 34.4 Å². The number of amides is 1. The van der Waals surface area contributed by atoms with Gasteiger partial charge in [0.1, 0.15) is 11.8 Å². The fourth-order valence-electron chi connectivity index (χ4n) is 4.47. The second-order valence-electron chi connectivity index (χ2n) is 12.0. The number of para-hydroxylation sites is 2. The van der Waals surface area contributed by atoms with E-state index >= 15 is 0 Å². The maximum atomic E-state index is 11.8. The first-order valence-corrected chi connectivity index (χ1v) is 18.2. The van der Waals surface area contributed by atoms with Gasteiger partial charge in [0.2, 0.25) is 21.8 Å². The Bertz CT molecular complexity index is 1680. The van der Waals surface area contributed by atoms with Crippen LogP contribution in [0.15, 0.2) is 70.9 Å². The molecule has 12 heteroatoms. The van der Waals surface area contributed by atoms with Crippen LogP contribution in [0.2, 0.25) is 0 Å². The number of esters is 1. The largest absolute Gasteiger partial charge is 0.473 e. The quantitative estimate of drug-likeness (QED) is 0.162. The highest BCUT2D eigenvalue weighted by atomic mass is 32.2. The molecule has 0 aliphatic heterocycles. The third-order valence-corrected chi connectivity index (χ3v) is 9.12. The van der Waals surface area contributed by atoms with Crippen LogP contribution < -0.4 is 14.8 Å². The van der Waals surface area contributed by atoms with Crippen LogP contribution in [0.25, 0.3) is 21.6 Å². The number of sulfonamides is 1. The summed E-state index contributed by atoms with van der Waals surface area (Å²) in [6.45, 7) is 12.6. The van der Waals surface area contributed by atoms with E-state index in [1.807, 2.05) is 69.5 Å². The topological polar surface area (TPSA) is 137 Å². The van der Waals surface area contributed by atoms with Crippen molar-refractivity contribution in [1.82, 2.24) is 14.7 Å². The van der Waals surface area contributed by atoms with Crippen LogP contribution >= 0.6 is 11.3 Å². The SMILES string of the molecule is C.C.C.C.CC(=O)Nc1ccc(S(=O)(=O)NC(C)C)cc1.CC(C)C(=O)OC1CCCC1.CC(C)Oc1nc2ccccc2nc1-c1cccs1. The number of aromatic nitrogens is 2. The lowest BCUT2D eigenvalue weighted by molar-refractivity contribution is -0.152. The maximum absolute atomic E-state index is 11.8. The van der Waals surface area contributed by atoms with E-state index in [-0.39, 0.29) is 70.6 Å². The van der Waals surface area contributed by atoms with Crippen LogP contribution in [-0.2, 0) is 24.3 Å². The number of anilines is 1. The summed E-state index contributed by atoms with van der Waals surface area (Å²) < 4.78 is 37.1. The summed E-state index contributed by atoms with van der Waals surface area (Å²) in [5, 5.41) is 4.60. The second-order valence-corrected chi connectivity index (χ2v) is 14.7. The third-order valence-electron chi connectivity index (χ3n) is 6.57. The molecule has 0 spiro atoms. The number of rotatable bonds is 9. The van der Waals surface area contributed by atoms with Gasteiger partial charge in [-0.2, -0.15) is 0 Å². The lowest BCUT2D eigenvalue weighted by Gasteiger charge is -2.12. The first kappa shape index (κ1) is 49.2. The molecule has 4 aromatic rings. The van der Waals surface area contributed by atoms with Gasteiger partial charge in [0.15, 0.2) is 0 Å². The molecule has 2 heterocycles. The number of carbonyl (C=O) groups excluding carboxylic acids is 2. The molecular formula is C39H62N4O6S2. The molecule has 1 amide bonds. The van der Waals surface area contributed by atoms with Crippen LogP contribution in [0.5, 0.6) is 5.88 Å². The normalized spacial score (nSPS) is 12.1. The summed E-state index contributed by atoms with van der Waals surface area (Å²) >= 11 is 1.64. The fraction of sp³-hybridized carbons (Fsp3) is 0.487. The highest BCUT2D eigenvalue weighted by Crippen LogP contribution is 2.32. The molecule has 51 heavy (non-hydrogen) atoms. The minimum Gasteiger partial charge on any atom is -0.473 e. The lowest BCUT2D eigenvalue weighted by Crippen LogP contribution is -2.30. The van der Waals surface area contributed by atoms with Crippen molar-refractivity contribution in [2.24, 2.45) is 5.92 Å². The van der Waals surface area contributed by atoms with Gasteiger partial charge in [-0.25, -0.2) is 23.1 Å². The van der Waals surface area contributed by atoms with Crippen molar-refractivity contribution >= 4 is 50.0 Å². The Hall–Kier alpha value is -3.87. The molecule has 10 nitrogen and oxygen atoms in total. The van der Waals surface area contributed by atoms with Crippen molar-refractivity contribution in [2.75, 3.05) is 5.32 Å². The van der Waals surface area contributed by atoms with E-state index in [9.17, 15) is 18.0 Å². The van der Waals surface area contributed by atoms with Gasteiger partial charge in [0.25, 0.3) is 0 Å². The van der Waals surface area contributed by atoms with Gasteiger partial charge >= 0.3 is 5.97 Å². The Morgan fingerprint density at radius 3 is 1.86 bits per heavy atom. The molecule has 0 bridgehead atoms. The predicted octanol–water partition coefficient (Wildman–Crippen LogP) is 10.1. The summed E-state index contributed by atoms with van der Waals surface area (Å²) in [4.78, 5) is 32.4. The van der Waals surface area contributed by atoms with Crippen molar-refractivity contribution in [3.8, 4) is 16.5 Å². The van der Waals surface area contributed by atoms with E-state index < -0.39 is 10.0 Å². The van der Waals surface area contributed by atoms with Crippen LogP contribution in [-0.4, -0.2) is 48.5 Å². The molecular weight excluding hydrogens is 685 g/mol. The number of nitrogens with one attached hydrogen (secondary N) is 2. The molecule has 0 unspecified atom stereocenters. The van der Waals surface area contributed by atoms with Crippen LogP contribution in [0.4, 0.5) is 5.69 Å². The minimum absolute atomic E-state index is 0. The Morgan fingerprint density at radius 1 is 0.824 bits per heavy atom. The Morgan fingerprint density at radius 2 is 1.39 bits per heavy atom. The monoisotopic (exact) mass is 746 g/mol. The molecule has 1 saturated carbocycles. The van der Waals surface area contributed by atoms with Crippen molar-refractivity contribution in [3.63, 3.8) is 0 Å². The molecule has 2 N–H and O–H groups in total. The average Bonchev–Trinajstić information content (AvgIpc) is 3.72. The standard InChI is InChI=1S/C15H14N2OS.C11H16N2O3S.C9H16O2.4CH4/c1-10(2)18-15-14(13-8-5-9-19-13)16-11-6-3-4-7-12(11)17-15;1-8(2)13-17(15,16)11-6-4-10(5-7-11)12-9(3)14;1-7(2)9(10)11-8-5-3-4-6-8;;;;/h3-10H,1-2H3;4-8,13H,1-3H3,(H,12,14);7-8H,3-6H2,1-2H3;4*1H4. The van der Waals surface area contributed by atoms with Gasteiger partial charge in [-0.1, -0.05) is 61.8 Å². The zero-order chi connectivity index (χ0) is 34.6. The molecule has 5 rings (SSSR count). The van der Waals surface area contributed by atoms with Crippen LogP contribution in [0.1, 0.15) is 104 Å². The zero-order valence-electron chi connectivity index (χ0n) is 28.1. The molecule has 2 aromatic heterocycles. The molecule has 1 fully saturated rings. The summed E-state index contributed by atoms with van der Waals surface area (Å²) in [5.74, 6) is 0.393. The van der Waals surface area contributed by atoms with E-state index in [2.05, 4.69) is 15.0 Å². The molecule has 2 aromatic carbocycles. The number of fused-ring (bicyclic) bond motifs is 1. The first-order valence-electron chi connectivity index (χ1n) is 15.8. The molecule has 0 atom stereocenters. The number of benzene rings is 2. The summed E-state index contributed by atoms with van der Waals surface area (Å²) in [5.41, 5.74) is 3.14. The minimum atomic E-state index is -3.47. The van der Waals surface area contributed by atoms with Crippen molar-refractivity contribution in [1.29, 1.82) is 0 Å². The molecule has 0 saturated heterocycles. The summed E-state index contributed by atoms with van der Waals surface area (Å²) in [6, 6.07) is 17.8.